The number of hydrogen-bond acceptors (Lipinski definition) is 2. The van der Waals surface area contributed by atoms with Gasteiger partial charge in [-0.25, -0.2) is 0 Å². The average Bonchev–Trinajstić information content (AvgIpc) is 1.67. The molecule has 8 heavy (non-hydrogen) atoms. The average molecular weight is 228 g/mol. The van der Waals surface area contributed by atoms with Crippen molar-refractivity contribution >= 4 is 5.78 Å². The van der Waals surface area contributed by atoms with Crippen LogP contribution in [0.3, 0.4) is 0 Å². The van der Waals surface area contributed by atoms with Gasteiger partial charge in [-0.2, -0.15) is 0 Å². The van der Waals surface area contributed by atoms with Crippen LogP contribution in [0.5, 0.6) is 0 Å². The van der Waals surface area contributed by atoms with Crippen LogP contribution in [-0.2, 0) is 4.79 Å². The standard InChI is InChI=1S/C5H11INO/c1-4(7)5(8)3-6-2/h4H,3,7H2,1-2H3/q-1. The number of ketones is 1. The normalized spacial score (nSPS) is 13.9. The topological polar surface area (TPSA) is 43.1 Å². The van der Waals surface area contributed by atoms with Gasteiger partial charge in [0.2, 0.25) is 0 Å². The van der Waals surface area contributed by atoms with E-state index in [1.54, 1.807) is 6.92 Å². The van der Waals surface area contributed by atoms with Gasteiger partial charge in [-0.15, -0.1) is 0 Å². The van der Waals surface area contributed by atoms with Crippen molar-refractivity contribution in [3.63, 3.8) is 0 Å². The molecule has 0 radical (unpaired) electrons. The number of Topliss-reactive ketones (excluding diaryl/α,β-unsaturated/α-hetero) is 1. The third-order valence-corrected chi connectivity index (χ3v) is 2.29. The van der Waals surface area contributed by atoms with Crippen LogP contribution in [0, 0.1) is 0 Å². The van der Waals surface area contributed by atoms with Crippen molar-refractivity contribution in [1.82, 2.24) is 0 Å². The van der Waals surface area contributed by atoms with Gasteiger partial charge >= 0.3 is 59.8 Å². The predicted octanol–water partition coefficient (Wildman–Crippen LogP) is -3.38. The number of rotatable bonds is 3. The number of alkyl halides is 2. The molecule has 0 saturated heterocycles. The SMILES string of the molecule is C[I-]CC(=O)C(C)N. The van der Waals surface area contributed by atoms with Gasteiger partial charge in [0.15, 0.2) is 0 Å². The number of halogens is 1. The van der Waals surface area contributed by atoms with Crippen LogP contribution < -0.4 is 26.9 Å². The van der Waals surface area contributed by atoms with Crippen LogP contribution in [0.4, 0.5) is 0 Å². The van der Waals surface area contributed by atoms with E-state index in [0.717, 1.165) is 4.43 Å². The fourth-order valence-corrected chi connectivity index (χ4v) is 1.70. The van der Waals surface area contributed by atoms with Gasteiger partial charge in [0, 0.05) is 0 Å². The van der Waals surface area contributed by atoms with Crippen molar-refractivity contribution in [2.45, 2.75) is 13.0 Å². The minimum absolute atomic E-state index is 0.104. The van der Waals surface area contributed by atoms with Crippen molar-refractivity contribution in [3.05, 3.63) is 0 Å². The van der Waals surface area contributed by atoms with Crippen molar-refractivity contribution in [1.29, 1.82) is 0 Å². The summed E-state index contributed by atoms with van der Waals surface area (Å²) >= 11 is 0.104. The van der Waals surface area contributed by atoms with E-state index in [2.05, 4.69) is 4.93 Å². The summed E-state index contributed by atoms with van der Waals surface area (Å²) in [5.41, 5.74) is 5.29. The molecule has 0 aliphatic carbocycles. The molecule has 3 heteroatoms. The molecule has 0 aliphatic heterocycles. The van der Waals surface area contributed by atoms with E-state index >= 15 is 0 Å². The first-order chi connectivity index (χ1) is 3.68. The van der Waals surface area contributed by atoms with Crippen molar-refractivity contribution in [3.8, 4) is 0 Å². The van der Waals surface area contributed by atoms with Gasteiger partial charge in [-0.3, -0.25) is 0 Å². The molecule has 0 saturated carbocycles. The summed E-state index contributed by atoms with van der Waals surface area (Å²) in [7, 11) is 0. The van der Waals surface area contributed by atoms with Crippen molar-refractivity contribution in [2.75, 3.05) is 9.36 Å². The van der Waals surface area contributed by atoms with E-state index in [1.165, 1.54) is 0 Å². The second kappa shape index (κ2) is 4.26. The van der Waals surface area contributed by atoms with E-state index in [0.29, 0.717) is 0 Å². The quantitative estimate of drug-likeness (QED) is 0.404. The predicted molar refractivity (Wildman–Crippen MR) is 29.4 cm³/mol. The Morgan fingerprint density at radius 3 is 2.50 bits per heavy atom. The molecule has 0 spiro atoms. The molecule has 0 aliphatic rings. The fourth-order valence-electron chi connectivity index (χ4n) is 0.253. The zero-order valence-electron chi connectivity index (χ0n) is 5.15. The van der Waals surface area contributed by atoms with Gasteiger partial charge in [0.25, 0.3) is 0 Å². The molecule has 0 fully saturated rings. The first-order valence-electron chi connectivity index (χ1n) is 2.40. The molecule has 0 rings (SSSR count). The Morgan fingerprint density at radius 2 is 2.38 bits per heavy atom. The minimum atomic E-state index is -0.241. The third-order valence-electron chi connectivity index (χ3n) is 0.773. The van der Waals surface area contributed by atoms with Crippen LogP contribution in [0.25, 0.3) is 0 Å². The van der Waals surface area contributed by atoms with Gasteiger partial charge in [-0.1, -0.05) is 0 Å². The summed E-state index contributed by atoms with van der Waals surface area (Å²) in [5, 5.41) is 0. The second-order valence-electron chi connectivity index (χ2n) is 1.66. The first-order valence-corrected chi connectivity index (χ1v) is 6.09. The molecule has 50 valence electrons. The molecule has 0 aromatic rings. The van der Waals surface area contributed by atoms with Crippen molar-refractivity contribution < 1.29 is 26.0 Å². The van der Waals surface area contributed by atoms with Crippen LogP contribution in [0.15, 0.2) is 0 Å². The molecule has 0 amide bonds. The van der Waals surface area contributed by atoms with Crippen LogP contribution >= 0.6 is 0 Å². The summed E-state index contributed by atoms with van der Waals surface area (Å²) in [6.07, 6.45) is 0. The molecule has 0 bridgehead atoms. The Morgan fingerprint density at radius 1 is 1.88 bits per heavy atom. The summed E-state index contributed by atoms with van der Waals surface area (Å²) in [4.78, 5) is 12.7. The van der Waals surface area contributed by atoms with Gasteiger partial charge in [0.1, 0.15) is 0 Å². The molecule has 0 aromatic heterocycles. The van der Waals surface area contributed by atoms with E-state index in [1.807, 2.05) is 0 Å². The Kier molecular flexibility index (Phi) is 4.45. The maximum absolute atomic E-state index is 10.6. The van der Waals surface area contributed by atoms with E-state index < -0.39 is 0 Å². The summed E-state index contributed by atoms with van der Waals surface area (Å²) in [5.74, 6) is 0.209. The van der Waals surface area contributed by atoms with Crippen LogP contribution in [0.1, 0.15) is 6.92 Å². The van der Waals surface area contributed by atoms with Crippen LogP contribution in [-0.4, -0.2) is 21.2 Å². The molecular formula is C5H11INO-. The second-order valence-corrected chi connectivity index (χ2v) is 3.94. The number of nitrogens with two attached hydrogens (primary N) is 1. The Labute approximate surface area is 60.1 Å². The molecule has 0 heterocycles. The Bertz CT molecular complexity index is 82.5. The van der Waals surface area contributed by atoms with Gasteiger partial charge in [-0.05, 0) is 0 Å². The van der Waals surface area contributed by atoms with E-state index in [-0.39, 0.29) is 33.0 Å². The fraction of sp³-hybridized carbons (Fsp3) is 0.800. The third kappa shape index (κ3) is 3.37. The van der Waals surface area contributed by atoms with Crippen LogP contribution in [0.2, 0.25) is 0 Å². The first kappa shape index (κ1) is 8.36. The van der Waals surface area contributed by atoms with Crippen molar-refractivity contribution in [2.24, 2.45) is 5.73 Å². The van der Waals surface area contributed by atoms with Gasteiger partial charge in [0.05, 0.1) is 0 Å². The molecule has 1 atom stereocenters. The molecular weight excluding hydrogens is 217 g/mol. The van der Waals surface area contributed by atoms with E-state index in [9.17, 15) is 4.79 Å². The molecule has 2 nitrogen and oxygen atoms in total. The number of carbonyl (C=O) groups excluding carboxylic acids is 1. The zero-order chi connectivity index (χ0) is 6.57. The van der Waals surface area contributed by atoms with E-state index in [4.69, 9.17) is 5.73 Å². The Balaban J connectivity index is 3.33. The summed E-state index contributed by atoms with van der Waals surface area (Å²) in [6, 6.07) is -0.241. The monoisotopic (exact) mass is 228 g/mol. The molecule has 1 unspecified atom stereocenters. The summed E-state index contributed by atoms with van der Waals surface area (Å²) in [6.45, 7) is 1.74. The van der Waals surface area contributed by atoms with Gasteiger partial charge < -0.3 is 0 Å². The maximum atomic E-state index is 10.6. The Hall–Kier alpha value is 0.360. The number of hydrogen-bond donors (Lipinski definition) is 1. The molecule has 0 aromatic carbocycles. The summed E-state index contributed by atoms with van der Waals surface area (Å²) < 4.78 is 0.733. The molecule has 2 N–H and O–H groups in total. The zero-order valence-corrected chi connectivity index (χ0v) is 7.31. The number of carbonyl (C=O) groups is 1.